The fourth-order valence-electron chi connectivity index (χ4n) is 4.46. The molecule has 0 bridgehead atoms. The summed E-state index contributed by atoms with van der Waals surface area (Å²) in [6, 6.07) is 23.1. The summed E-state index contributed by atoms with van der Waals surface area (Å²) in [5.74, 6) is 0.745. The molecule has 1 aliphatic rings. The molecule has 1 saturated heterocycles. The van der Waals surface area contributed by atoms with Gasteiger partial charge in [0.25, 0.3) is 11.8 Å². The molecule has 1 aromatic heterocycles. The van der Waals surface area contributed by atoms with Crippen LogP contribution in [-0.4, -0.2) is 55.1 Å². The highest BCUT2D eigenvalue weighted by molar-refractivity contribution is 7.80. The molecular formula is C30H26Cl2N4O4S. The van der Waals surface area contributed by atoms with E-state index in [1.54, 1.807) is 61.7 Å². The van der Waals surface area contributed by atoms with Crippen molar-refractivity contribution < 1.29 is 18.7 Å². The fourth-order valence-corrected chi connectivity index (χ4v) is 5.05. The molecule has 8 nitrogen and oxygen atoms in total. The number of hydrogen-bond donors (Lipinski definition) is 2. The first-order chi connectivity index (χ1) is 19.8. The molecule has 4 aromatic rings. The van der Waals surface area contributed by atoms with Crippen molar-refractivity contribution in [1.82, 2.24) is 10.2 Å². The number of piperazine rings is 1. The first-order valence-electron chi connectivity index (χ1n) is 12.8. The average Bonchev–Trinajstić information content (AvgIpc) is 3.49. The Labute approximate surface area is 252 Å². The SMILES string of the molecule is COc1ccc(C(=O)N2CCN(c3ccc(NC(=S)NC(=O)c4ccc(-c5cc(Cl)ccc5Cl)o4)cc3)CC2)cc1. The number of carbonyl (C=O) groups is 2. The predicted octanol–water partition coefficient (Wildman–Crippen LogP) is 6.35. The summed E-state index contributed by atoms with van der Waals surface area (Å²) in [5, 5.41) is 6.73. The Morgan fingerprint density at radius 2 is 1.61 bits per heavy atom. The van der Waals surface area contributed by atoms with E-state index in [1.807, 2.05) is 29.2 Å². The molecule has 0 saturated carbocycles. The second kappa shape index (κ2) is 12.6. The zero-order valence-corrected chi connectivity index (χ0v) is 24.4. The van der Waals surface area contributed by atoms with E-state index in [-0.39, 0.29) is 16.8 Å². The molecule has 0 aliphatic carbocycles. The number of hydrogen-bond acceptors (Lipinski definition) is 6. The van der Waals surface area contributed by atoms with Crippen LogP contribution in [0.1, 0.15) is 20.9 Å². The molecule has 1 aliphatic heterocycles. The van der Waals surface area contributed by atoms with Crippen LogP contribution in [0.5, 0.6) is 5.75 Å². The van der Waals surface area contributed by atoms with Crippen LogP contribution in [0.4, 0.5) is 11.4 Å². The van der Waals surface area contributed by atoms with Gasteiger partial charge in [0.2, 0.25) is 0 Å². The van der Waals surface area contributed by atoms with Crippen LogP contribution in [0.3, 0.4) is 0 Å². The van der Waals surface area contributed by atoms with E-state index in [0.29, 0.717) is 53.1 Å². The number of nitrogens with zero attached hydrogens (tertiary/aromatic N) is 2. The van der Waals surface area contributed by atoms with E-state index in [2.05, 4.69) is 15.5 Å². The largest absolute Gasteiger partial charge is 0.497 e. The molecule has 0 unspecified atom stereocenters. The number of methoxy groups -OCH3 is 1. The zero-order chi connectivity index (χ0) is 28.9. The van der Waals surface area contributed by atoms with Crippen molar-refractivity contribution in [2.24, 2.45) is 0 Å². The normalized spacial score (nSPS) is 13.0. The Bertz CT molecular complexity index is 1570. The van der Waals surface area contributed by atoms with Crippen LogP contribution < -0.4 is 20.3 Å². The van der Waals surface area contributed by atoms with Gasteiger partial charge in [0.1, 0.15) is 11.5 Å². The van der Waals surface area contributed by atoms with Gasteiger partial charge in [0, 0.05) is 53.7 Å². The van der Waals surface area contributed by atoms with Crippen LogP contribution in [0.25, 0.3) is 11.3 Å². The van der Waals surface area contributed by atoms with Crippen molar-refractivity contribution in [3.05, 3.63) is 100 Å². The van der Waals surface area contributed by atoms with Gasteiger partial charge in [-0.1, -0.05) is 23.2 Å². The minimum absolute atomic E-state index is 0.0152. The molecule has 1 fully saturated rings. The fraction of sp³-hybridized carbons (Fsp3) is 0.167. The van der Waals surface area contributed by atoms with Gasteiger partial charge < -0.3 is 24.3 Å². The number of ether oxygens (including phenoxy) is 1. The van der Waals surface area contributed by atoms with E-state index in [1.165, 1.54) is 0 Å². The third kappa shape index (κ3) is 6.82. The topological polar surface area (TPSA) is 87.0 Å². The van der Waals surface area contributed by atoms with Gasteiger partial charge >= 0.3 is 0 Å². The quantitative estimate of drug-likeness (QED) is 0.247. The summed E-state index contributed by atoms with van der Waals surface area (Å²) in [4.78, 5) is 29.6. The number of benzene rings is 3. The number of anilines is 2. The van der Waals surface area contributed by atoms with Gasteiger partial charge in [-0.25, -0.2) is 0 Å². The molecule has 0 radical (unpaired) electrons. The first-order valence-corrected chi connectivity index (χ1v) is 13.9. The van der Waals surface area contributed by atoms with Crippen molar-refractivity contribution in [3.63, 3.8) is 0 Å². The van der Waals surface area contributed by atoms with Gasteiger partial charge in [0.05, 0.1) is 12.1 Å². The van der Waals surface area contributed by atoms with Gasteiger partial charge in [-0.05, 0) is 91.1 Å². The number of carbonyl (C=O) groups excluding carboxylic acids is 2. The lowest BCUT2D eigenvalue weighted by atomic mass is 10.1. The third-order valence-corrected chi connectivity index (χ3v) is 7.41. The van der Waals surface area contributed by atoms with Crippen LogP contribution >= 0.6 is 35.4 Å². The second-order valence-corrected chi connectivity index (χ2v) is 10.5. The van der Waals surface area contributed by atoms with Gasteiger partial charge in [-0.3, -0.25) is 14.9 Å². The van der Waals surface area contributed by atoms with E-state index in [4.69, 9.17) is 44.6 Å². The first kappa shape index (κ1) is 28.5. The minimum Gasteiger partial charge on any atom is -0.497 e. The molecule has 3 aromatic carbocycles. The maximum Gasteiger partial charge on any atom is 0.293 e. The molecular weight excluding hydrogens is 583 g/mol. The highest BCUT2D eigenvalue weighted by Crippen LogP contribution is 2.32. The number of amides is 2. The number of rotatable bonds is 6. The van der Waals surface area contributed by atoms with Crippen molar-refractivity contribution in [3.8, 4) is 17.1 Å². The number of thiocarbonyl (C=S) groups is 1. The Balaban J connectivity index is 1.12. The van der Waals surface area contributed by atoms with Crippen molar-refractivity contribution in [2.45, 2.75) is 0 Å². The highest BCUT2D eigenvalue weighted by Gasteiger charge is 2.22. The lowest BCUT2D eigenvalue weighted by Gasteiger charge is -2.36. The Morgan fingerprint density at radius 3 is 2.29 bits per heavy atom. The molecule has 2 N–H and O–H groups in total. The number of furan rings is 1. The monoisotopic (exact) mass is 608 g/mol. The van der Waals surface area contributed by atoms with Crippen molar-refractivity contribution in [1.29, 1.82) is 0 Å². The standard InChI is InChI=1S/C30H26Cl2N4O4S/c1-39-23-9-2-19(3-10-23)29(38)36-16-14-35(15-17-36)22-7-5-21(6-8-22)33-30(41)34-28(37)27-13-12-26(40-27)24-18-20(31)4-11-25(24)32/h2-13,18H,14-17H2,1H3,(H2,33,34,37,41). The maximum atomic E-state index is 12.8. The Morgan fingerprint density at radius 1 is 0.902 bits per heavy atom. The third-order valence-electron chi connectivity index (χ3n) is 6.64. The average molecular weight is 610 g/mol. The summed E-state index contributed by atoms with van der Waals surface area (Å²) in [6.45, 7) is 2.68. The van der Waals surface area contributed by atoms with Crippen LogP contribution in [0, 0.1) is 0 Å². The van der Waals surface area contributed by atoms with Gasteiger partial charge in [0.15, 0.2) is 10.9 Å². The summed E-state index contributed by atoms with van der Waals surface area (Å²) in [5.41, 5.74) is 2.99. The molecule has 0 spiro atoms. The molecule has 2 amide bonds. The van der Waals surface area contributed by atoms with Crippen LogP contribution in [0.15, 0.2) is 83.3 Å². The predicted molar refractivity (Wildman–Crippen MR) is 165 cm³/mol. The summed E-state index contributed by atoms with van der Waals surface area (Å²) in [6.07, 6.45) is 0. The van der Waals surface area contributed by atoms with Crippen LogP contribution in [-0.2, 0) is 0 Å². The van der Waals surface area contributed by atoms with Crippen LogP contribution in [0.2, 0.25) is 10.0 Å². The lowest BCUT2D eigenvalue weighted by molar-refractivity contribution is 0.0746. The van der Waals surface area contributed by atoms with Gasteiger partial charge in [-0.15, -0.1) is 0 Å². The molecule has 41 heavy (non-hydrogen) atoms. The molecule has 11 heteroatoms. The van der Waals surface area contributed by atoms with Gasteiger partial charge in [-0.2, -0.15) is 0 Å². The molecule has 0 atom stereocenters. The lowest BCUT2D eigenvalue weighted by Crippen LogP contribution is -2.48. The maximum absolute atomic E-state index is 12.8. The number of halogens is 2. The second-order valence-electron chi connectivity index (χ2n) is 9.25. The summed E-state index contributed by atoms with van der Waals surface area (Å²) in [7, 11) is 1.60. The Hall–Kier alpha value is -4.05. The molecule has 210 valence electrons. The van der Waals surface area contributed by atoms with E-state index in [0.717, 1.165) is 17.1 Å². The van der Waals surface area contributed by atoms with E-state index < -0.39 is 5.91 Å². The summed E-state index contributed by atoms with van der Waals surface area (Å²) >= 11 is 17.6. The minimum atomic E-state index is -0.495. The van der Waals surface area contributed by atoms with Crippen molar-refractivity contribution in [2.75, 3.05) is 43.5 Å². The summed E-state index contributed by atoms with van der Waals surface area (Å²) < 4.78 is 10.9. The van der Waals surface area contributed by atoms with E-state index in [9.17, 15) is 9.59 Å². The molecule has 2 heterocycles. The Kier molecular flexibility index (Phi) is 8.78. The molecule has 5 rings (SSSR count). The number of nitrogens with one attached hydrogen (secondary N) is 2. The zero-order valence-electron chi connectivity index (χ0n) is 22.0. The highest BCUT2D eigenvalue weighted by atomic mass is 35.5. The van der Waals surface area contributed by atoms with E-state index >= 15 is 0 Å². The van der Waals surface area contributed by atoms with Crippen molar-refractivity contribution >= 4 is 63.7 Å². The smallest absolute Gasteiger partial charge is 0.293 e.